The van der Waals surface area contributed by atoms with E-state index in [1.165, 1.54) is 50.2 Å². The lowest BCUT2D eigenvalue weighted by molar-refractivity contribution is 0.100. The summed E-state index contributed by atoms with van der Waals surface area (Å²) < 4.78 is 13.5. The van der Waals surface area contributed by atoms with Gasteiger partial charge in [0.1, 0.15) is 11.5 Å². The number of aromatic nitrogens is 4. The Hall–Kier alpha value is -2.93. The molecule has 0 radical (unpaired) electrons. The van der Waals surface area contributed by atoms with Crippen molar-refractivity contribution in [3.05, 3.63) is 42.2 Å². The third-order valence-corrected chi connectivity index (χ3v) is 6.45. The lowest BCUT2D eigenvalue weighted by atomic mass is 9.99. The minimum Gasteiger partial charge on any atom is -0.371 e. The summed E-state index contributed by atoms with van der Waals surface area (Å²) in [5, 5.41) is 8.11. The third kappa shape index (κ3) is 2.88. The summed E-state index contributed by atoms with van der Waals surface area (Å²) in [5.74, 6) is 0.423. The number of benzene rings is 2. The van der Waals surface area contributed by atoms with Crippen LogP contribution < -0.4 is 4.90 Å². The van der Waals surface area contributed by atoms with E-state index < -0.39 is 0 Å². The first kappa shape index (κ1) is 17.0. The first-order valence-electron chi connectivity index (χ1n) is 10.4. The smallest absolute Gasteiger partial charge is 0.159 e. The molecule has 0 spiro atoms. The summed E-state index contributed by atoms with van der Waals surface area (Å²) in [5.41, 5.74) is 4.54. The second-order valence-electron chi connectivity index (χ2n) is 8.16. The van der Waals surface area contributed by atoms with Crippen LogP contribution >= 0.6 is 0 Å². The maximum atomic E-state index is 13.5. The largest absolute Gasteiger partial charge is 0.371 e. The molecule has 4 aromatic rings. The zero-order valence-corrected chi connectivity index (χ0v) is 16.2. The van der Waals surface area contributed by atoms with Crippen LogP contribution in [0, 0.1) is 5.82 Å². The molecule has 2 aromatic carbocycles. The van der Waals surface area contributed by atoms with Crippen molar-refractivity contribution >= 4 is 27.6 Å². The molecule has 6 nitrogen and oxygen atoms in total. The fourth-order valence-electron chi connectivity index (χ4n) is 4.67. The number of H-pyrrole nitrogens is 2. The van der Waals surface area contributed by atoms with Crippen LogP contribution in [0.2, 0.25) is 0 Å². The average Bonchev–Trinajstić information content (AvgIpc) is 3.29. The zero-order valence-electron chi connectivity index (χ0n) is 16.2. The molecule has 0 unspecified atom stereocenters. The maximum absolute atomic E-state index is 13.5. The predicted molar refractivity (Wildman–Crippen MR) is 113 cm³/mol. The molecule has 148 valence electrons. The molecule has 0 aliphatic carbocycles. The lowest BCUT2D eigenvalue weighted by Crippen LogP contribution is -2.50. The Balaban J connectivity index is 1.28. The van der Waals surface area contributed by atoms with Crippen molar-refractivity contribution in [1.29, 1.82) is 0 Å². The van der Waals surface area contributed by atoms with Gasteiger partial charge in [-0.1, -0.05) is 0 Å². The van der Waals surface area contributed by atoms with Crippen molar-refractivity contribution in [3.63, 3.8) is 0 Å². The van der Waals surface area contributed by atoms with Gasteiger partial charge in [-0.25, -0.2) is 9.37 Å². The number of fused-ring (bicyclic) bond motifs is 2. The molecule has 0 atom stereocenters. The van der Waals surface area contributed by atoms with Crippen molar-refractivity contribution in [2.45, 2.75) is 25.3 Å². The van der Waals surface area contributed by atoms with E-state index in [-0.39, 0.29) is 5.82 Å². The Morgan fingerprint density at radius 3 is 2.62 bits per heavy atom. The highest BCUT2D eigenvalue weighted by molar-refractivity contribution is 5.93. The van der Waals surface area contributed by atoms with Gasteiger partial charge in [0.15, 0.2) is 5.82 Å². The molecular weight excluding hydrogens is 367 g/mol. The number of anilines is 1. The van der Waals surface area contributed by atoms with Crippen LogP contribution in [0.5, 0.6) is 0 Å². The number of piperidine rings is 1. The Morgan fingerprint density at radius 2 is 1.83 bits per heavy atom. The molecule has 2 aliphatic heterocycles. The van der Waals surface area contributed by atoms with E-state index in [9.17, 15) is 4.39 Å². The summed E-state index contributed by atoms with van der Waals surface area (Å²) in [6.07, 6.45) is 3.84. The summed E-state index contributed by atoms with van der Waals surface area (Å²) in [4.78, 5) is 13.2. The van der Waals surface area contributed by atoms with Crippen molar-refractivity contribution in [1.82, 2.24) is 25.1 Å². The minimum absolute atomic E-state index is 0.278. The normalized spacial score (nSPS) is 18.6. The third-order valence-electron chi connectivity index (χ3n) is 6.45. The van der Waals surface area contributed by atoms with Crippen LogP contribution in [0.4, 0.5) is 10.1 Å². The summed E-state index contributed by atoms with van der Waals surface area (Å²) in [6, 6.07) is 11.8. The first-order chi connectivity index (χ1) is 14.2. The van der Waals surface area contributed by atoms with Gasteiger partial charge in [0, 0.05) is 30.2 Å². The molecule has 2 N–H and O–H groups in total. The molecule has 6 rings (SSSR count). The summed E-state index contributed by atoms with van der Waals surface area (Å²) in [7, 11) is 0. The summed E-state index contributed by atoms with van der Waals surface area (Å²) >= 11 is 0. The van der Waals surface area contributed by atoms with Crippen LogP contribution in [0.25, 0.3) is 33.5 Å². The monoisotopic (exact) mass is 390 g/mol. The van der Waals surface area contributed by atoms with Gasteiger partial charge in [0.2, 0.25) is 0 Å². The fraction of sp³-hybridized carbons (Fsp3) is 0.364. The number of nitrogens with one attached hydrogen (secondary N) is 2. The molecule has 2 aliphatic rings. The number of imidazole rings is 1. The highest BCUT2D eigenvalue weighted by Gasteiger charge is 2.28. The lowest BCUT2D eigenvalue weighted by Gasteiger charge is -2.43. The topological polar surface area (TPSA) is 63.8 Å². The van der Waals surface area contributed by atoms with Crippen LogP contribution in [0.3, 0.4) is 0 Å². The van der Waals surface area contributed by atoms with E-state index in [1.54, 1.807) is 6.07 Å². The van der Waals surface area contributed by atoms with Crippen molar-refractivity contribution in [3.8, 4) is 11.5 Å². The van der Waals surface area contributed by atoms with Gasteiger partial charge in [-0.3, -0.25) is 5.10 Å². The molecule has 7 heteroatoms. The summed E-state index contributed by atoms with van der Waals surface area (Å²) in [6.45, 7) is 4.76. The maximum Gasteiger partial charge on any atom is 0.159 e. The Kier molecular flexibility index (Phi) is 3.84. The number of likely N-dealkylation sites (tertiary alicyclic amines) is 1. The van der Waals surface area contributed by atoms with E-state index in [0.717, 1.165) is 35.6 Å². The molecular formula is C22H23FN6. The van der Waals surface area contributed by atoms with Gasteiger partial charge >= 0.3 is 0 Å². The highest BCUT2D eigenvalue weighted by Crippen LogP contribution is 2.30. The van der Waals surface area contributed by atoms with E-state index >= 15 is 0 Å². The van der Waals surface area contributed by atoms with Crippen LogP contribution in [0.1, 0.15) is 19.3 Å². The van der Waals surface area contributed by atoms with Gasteiger partial charge in [-0.15, -0.1) is 0 Å². The van der Waals surface area contributed by atoms with E-state index in [2.05, 4.69) is 43.2 Å². The van der Waals surface area contributed by atoms with E-state index in [0.29, 0.717) is 17.0 Å². The van der Waals surface area contributed by atoms with Gasteiger partial charge in [0.25, 0.3) is 0 Å². The second-order valence-corrected chi connectivity index (χ2v) is 8.16. The van der Waals surface area contributed by atoms with Crippen LogP contribution in [0.15, 0.2) is 36.4 Å². The van der Waals surface area contributed by atoms with Gasteiger partial charge in [-0.05, 0) is 68.8 Å². The molecule has 0 saturated carbocycles. The van der Waals surface area contributed by atoms with Gasteiger partial charge in [-0.2, -0.15) is 5.10 Å². The molecule has 4 heterocycles. The molecule has 29 heavy (non-hydrogen) atoms. The standard InChI is InChI=1S/C22H23FN6/c23-14-2-4-17-19(12-14)26-27-21(17)22-24-18-5-3-16(13-20(18)25-22)29-10-6-15(7-11-29)28-8-1-9-28/h2-5,12-13,15H,1,6-11H2,(H,24,25)(H,26,27). The molecule has 0 bridgehead atoms. The number of hydrogen-bond acceptors (Lipinski definition) is 4. The second kappa shape index (κ2) is 6.56. The number of aromatic amines is 2. The zero-order chi connectivity index (χ0) is 19.4. The van der Waals surface area contributed by atoms with E-state index in [1.807, 2.05) is 0 Å². The van der Waals surface area contributed by atoms with E-state index in [4.69, 9.17) is 4.98 Å². The molecule has 2 aromatic heterocycles. The van der Waals surface area contributed by atoms with Gasteiger partial charge in [0.05, 0.1) is 16.6 Å². The molecule has 2 fully saturated rings. The molecule has 2 saturated heterocycles. The molecule has 0 amide bonds. The van der Waals surface area contributed by atoms with Crippen LogP contribution in [-0.4, -0.2) is 57.3 Å². The number of nitrogens with zero attached hydrogens (tertiary/aromatic N) is 4. The van der Waals surface area contributed by atoms with Gasteiger partial charge < -0.3 is 14.8 Å². The number of hydrogen-bond donors (Lipinski definition) is 2. The number of rotatable bonds is 3. The Labute approximate surface area is 167 Å². The minimum atomic E-state index is -0.278. The fourth-order valence-corrected chi connectivity index (χ4v) is 4.67. The average molecular weight is 390 g/mol. The first-order valence-corrected chi connectivity index (χ1v) is 10.4. The quantitative estimate of drug-likeness (QED) is 0.557. The Morgan fingerprint density at radius 1 is 0.966 bits per heavy atom. The Bertz CT molecular complexity index is 1180. The SMILES string of the molecule is Fc1ccc2c(-c3nc4ccc(N5CCC(N6CCC6)CC5)cc4[nH]3)n[nH]c2c1. The predicted octanol–water partition coefficient (Wildman–Crippen LogP) is 3.92. The van der Waals surface area contributed by atoms with Crippen molar-refractivity contribution in [2.75, 3.05) is 31.1 Å². The number of halogens is 1. The van der Waals surface area contributed by atoms with Crippen LogP contribution in [-0.2, 0) is 0 Å². The van der Waals surface area contributed by atoms with Crippen molar-refractivity contribution < 1.29 is 4.39 Å². The van der Waals surface area contributed by atoms with Crippen molar-refractivity contribution in [2.24, 2.45) is 0 Å². The highest BCUT2D eigenvalue weighted by atomic mass is 19.1.